The molecule has 0 aliphatic rings. The molecule has 0 radical (unpaired) electrons. The number of hydrogen-bond acceptors (Lipinski definition) is 5. The van der Waals surface area contributed by atoms with E-state index in [0.717, 1.165) is 5.75 Å². The number of thioether (sulfide) groups is 1. The number of sulfonamides is 1. The smallest absolute Gasteiger partial charge is 0.246 e. The molecule has 1 unspecified atom stereocenters. The van der Waals surface area contributed by atoms with Crippen LogP contribution in [-0.2, 0) is 16.6 Å². The molecular weight excluding hydrogens is 298 g/mol. The van der Waals surface area contributed by atoms with E-state index < -0.39 is 10.0 Å². The minimum absolute atomic E-state index is 0.0693. The minimum atomic E-state index is -3.56. The molecule has 1 aromatic heterocycles. The van der Waals surface area contributed by atoms with Crippen molar-refractivity contribution in [1.82, 2.24) is 14.1 Å². The Balaban J connectivity index is 3.22. The van der Waals surface area contributed by atoms with E-state index in [0.29, 0.717) is 17.9 Å². The maximum Gasteiger partial charge on any atom is 0.246 e. The van der Waals surface area contributed by atoms with Gasteiger partial charge < -0.3 is 5.11 Å². The van der Waals surface area contributed by atoms with Crippen LogP contribution in [-0.4, -0.2) is 59.3 Å². The first-order valence-electron chi connectivity index (χ1n) is 6.39. The predicted molar refractivity (Wildman–Crippen MR) is 81.6 cm³/mol. The van der Waals surface area contributed by atoms with Crippen LogP contribution >= 0.6 is 11.8 Å². The van der Waals surface area contributed by atoms with Gasteiger partial charge >= 0.3 is 0 Å². The molecule has 1 atom stereocenters. The second-order valence-corrected chi connectivity index (χ2v) is 7.62. The fourth-order valence-corrected chi connectivity index (χ4v) is 4.62. The van der Waals surface area contributed by atoms with E-state index in [9.17, 15) is 8.42 Å². The Kier molecular flexibility index (Phi) is 6.06. The van der Waals surface area contributed by atoms with Crippen molar-refractivity contribution in [1.29, 1.82) is 0 Å². The Hall–Kier alpha value is -0.570. The minimum Gasteiger partial charge on any atom is -0.394 e. The molecule has 1 rings (SSSR count). The van der Waals surface area contributed by atoms with E-state index in [-0.39, 0.29) is 17.5 Å². The van der Waals surface area contributed by atoms with Crippen LogP contribution in [0.4, 0.5) is 0 Å². The van der Waals surface area contributed by atoms with Gasteiger partial charge in [-0.05, 0) is 27.0 Å². The summed E-state index contributed by atoms with van der Waals surface area (Å²) in [6, 6.07) is -0.0880. The number of hydrogen-bond donors (Lipinski definition) is 1. The number of aryl methyl sites for hydroxylation is 1. The summed E-state index contributed by atoms with van der Waals surface area (Å²) in [4.78, 5) is 0.251. The third-order valence-corrected chi connectivity index (χ3v) is 6.33. The Morgan fingerprint density at radius 1 is 1.45 bits per heavy atom. The molecule has 0 amide bonds. The summed E-state index contributed by atoms with van der Waals surface area (Å²) in [6.07, 6.45) is 1.95. The Labute approximate surface area is 125 Å². The molecule has 0 saturated carbocycles. The molecule has 1 N–H and O–H groups in total. The highest BCUT2D eigenvalue weighted by atomic mass is 32.2. The van der Waals surface area contributed by atoms with Crippen molar-refractivity contribution in [2.75, 3.05) is 25.7 Å². The SMILES string of the molecule is CSCC(C)N(C)S(=O)(=O)c1c(C)nn(CCO)c1C. The fourth-order valence-electron chi connectivity index (χ4n) is 2.09. The zero-order chi connectivity index (χ0) is 15.5. The normalized spacial score (nSPS) is 13.9. The number of aliphatic hydroxyl groups excluding tert-OH is 1. The van der Waals surface area contributed by atoms with Gasteiger partial charge in [-0.1, -0.05) is 0 Å². The number of nitrogens with zero attached hydrogens (tertiary/aromatic N) is 3. The van der Waals surface area contributed by atoms with E-state index >= 15 is 0 Å². The Morgan fingerprint density at radius 2 is 2.05 bits per heavy atom. The van der Waals surface area contributed by atoms with Crippen molar-refractivity contribution in [3.05, 3.63) is 11.4 Å². The summed E-state index contributed by atoms with van der Waals surface area (Å²) in [6.45, 7) is 5.51. The lowest BCUT2D eigenvalue weighted by Gasteiger charge is -2.23. The predicted octanol–water partition coefficient (Wildman–Crippen LogP) is 0.864. The van der Waals surface area contributed by atoms with Gasteiger partial charge in [0.1, 0.15) is 4.90 Å². The Morgan fingerprint density at radius 3 is 2.55 bits per heavy atom. The molecule has 0 aliphatic carbocycles. The largest absolute Gasteiger partial charge is 0.394 e. The summed E-state index contributed by atoms with van der Waals surface area (Å²) >= 11 is 1.61. The van der Waals surface area contributed by atoms with Gasteiger partial charge in [-0.25, -0.2) is 8.42 Å². The molecule has 0 aromatic carbocycles. The van der Waals surface area contributed by atoms with Gasteiger partial charge in [-0.3, -0.25) is 4.68 Å². The maximum atomic E-state index is 12.7. The average Bonchev–Trinajstić information content (AvgIpc) is 2.64. The van der Waals surface area contributed by atoms with E-state index in [4.69, 9.17) is 5.11 Å². The molecule has 0 bridgehead atoms. The van der Waals surface area contributed by atoms with Gasteiger partial charge in [0.15, 0.2) is 0 Å². The van der Waals surface area contributed by atoms with Gasteiger partial charge in [0.25, 0.3) is 0 Å². The first kappa shape index (κ1) is 17.5. The van der Waals surface area contributed by atoms with Crippen LogP contribution in [0.3, 0.4) is 0 Å². The van der Waals surface area contributed by atoms with Gasteiger partial charge in [-0.15, -0.1) is 0 Å². The topological polar surface area (TPSA) is 75.4 Å². The summed E-state index contributed by atoms with van der Waals surface area (Å²) < 4.78 is 28.3. The van der Waals surface area contributed by atoms with E-state index in [1.165, 1.54) is 8.99 Å². The zero-order valence-electron chi connectivity index (χ0n) is 12.6. The quantitative estimate of drug-likeness (QED) is 0.806. The van der Waals surface area contributed by atoms with Crippen molar-refractivity contribution >= 4 is 21.8 Å². The molecule has 116 valence electrons. The molecule has 20 heavy (non-hydrogen) atoms. The molecule has 8 heteroatoms. The van der Waals surface area contributed by atoms with Gasteiger partial charge in [0.2, 0.25) is 10.0 Å². The lowest BCUT2D eigenvalue weighted by molar-refractivity contribution is 0.267. The van der Waals surface area contributed by atoms with Crippen LogP contribution in [0.5, 0.6) is 0 Å². The van der Waals surface area contributed by atoms with Crippen LogP contribution in [0.15, 0.2) is 4.90 Å². The summed E-state index contributed by atoms with van der Waals surface area (Å²) in [5, 5.41) is 13.2. The second kappa shape index (κ2) is 6.93. The van der Waals surface area contributed by atoms with Gasteiger partial charge in [0, 0.05) is 18.8 Å². The van der Waals surface area contributed by atoms with E-state index in [1.807, 2.05) is 13.2 Å². The van der Waals surface area contributed by atoms with Crippen LogP contribution in [0.1, 0.15) is 18.3 Å². The van der Waals surface area contributed by atoms with Crippen molar-refractivity contribution in [3.63, 3.8) is 0 Å². The lowest BCUT2D eigenvalue weighted by atomic mass is 10.4. The molecule has 1 aromatic rings. The van der Waals surface area contributed by atoms with Crippen molar-refractivity contribution in [2.45, 2.75) is 38.3 Å². The second-order valence-electron chi connectivity index (χ2n) is 4.77. The van der Waals surface area contributed by atoms with Crippen LogP contribution in [0, 0.1) is 13.8 Å². The third kappa shape index (κ3) is 3.36. The fraction of sp³-hybridized carbons (Fsp3) is 0.750. The molecule has 1 heterocycles. The lowest BCUT2D eigenvalue weighted by Crippen LogP contribution is -2.37. The molecule has 0 saturated heterocycles. The molecule has 6 nitrogen and oxygen atoms in total. The van der Waals surface area contributed by atoms with Gasteiger partial charge in [-0.2, -0.15) is 21.2 Å². The number of aromatic nitrogens is 2. The molecule has 0 aliphatic heterocycles. The maximum absolute atomic E-state index is 12.7. The van der Waals surface area contributed by atoms with Crippen molar-refractivity contribution in [3.8, 4) is 0 Å². The monoisotopic (exact) mass is 321 g/mol. The summed E-state index contributed by atoms with van der Waals surface area (Å²) in [5.41, 5.74) is 1.04. The van der Waals surface area contributed by atoms with Gasteiger partial charge in [0.05, 0.1) is 24.5 Å². The van der Waals surface area contributed by atoms with E-state index in [2.05, 4.69) is 5.10 Å². The van der Waals surface area contributed by atoms with Crippen LogP contribution in [0.25, 0.3) is 0 Å². The first-order chi connectivity index (χ1) is 9.27. The number of rotatable bonds is 7. The van der Waals surface area contributed by atoms with E-state index in [1.54, 1.807) is 32.7 Å². The highest BCUT2D eigenvalue weighted by molar-refractivity contribution is 7.98. The first-order valence-corrected chi connectivity index (χ1v) is 9.22. The average molecular weight is 321 g/mol. The molecule has 0 fully saturated rings. The molecule has 0 spiro atoms. The van der Waals surface area contributed by atoms with Crippen LogP contribution < -0.4 is 0 Å². The summed E-state index contributed by atoms with van der Waals surface area (Å²) in [5.74, 6) is 0.735. The zero-order valence-corrected chi connectivity index (χ0v) is 14.3. The van der Waals surface area contributed by atoms with Crippen molar-refractivity contribution < 1.29 is 13.5 Å². The number of aliphatic hydroxyl groups is 1. The highest BCUT2D eigenvalue weighted by Crippen LogP contribution is 2.24. The third-order valence-electron chi connectivity index (χ3n) is 3.29. The van der Waals surface area contributed by atoms with Crippen molar-refractivity contribution in [2.24, 2.45) is 0 Å². The van der Waals surface area contributed by atoms with Crippen LogP contribution in [0.2, 0.25) is 0 Å². The molecular formula is C12H23N3O3S2. The Bertz CT molecular complexity index is 555. The standard InChI is InChI=1S/C12H23N3O3S2/c1-9(8-19-5)14(4)20(17,18)12-10(2)13-15(6-7-16)11(12)3/h9,16H,6-8H2,1-5H3. The summed E-state index contributed by atoms with van der Waals surface area (Å²) in [7, 11) is -1.97. The highest BCUT2D eigenvalue weighted by Gasteiger charge is 2.31.